The maximum Gasteiger partial charge on any atom is 0.193 e. The van der Waals surface area contributed by atoms with Gasteiger partial charge in [0.15, 0.2) is 17.3 Å². The number of methoxy groups -OCH3 is 2. The van der Waals surface area contributed by atoms with E-state index in [0.717, 1.165) is 16.5 Å². The maximum atomic E-state index is 13.5. The van der Waals surface area contributed by atoms with Crippen molar-refractivity contribution in [3.63, 3.8) is 0 Å². The summed E-state index contributed by atoms with van der Waals surface area (Å²) in [5, 5.41) is 1.92. The Morgan fingerprint density at radius 2 is 1.48 bits per heavy atom. The molecule has 0 N–H and O–H groups in total. The standard InChI is InChI=1S/C19H15FO3/c1-22-16-7-5-12-9-14(4-3-13(12)10-16)19(21)15-6-8-17(20)18(11-15)23-2/h3-11H,1-2H3. The number of halogens is 1. The van der Waals surface area contributed by atoms with Crippen molar-refractivity contribution >= 4 is 16.6 Å². The molecule has 0 aliphatic carbocycles. The van der Waals surface area contributed by atoms with Crippen LogP contribution in [0, 0.1) is 5.82 Å². The Hall–Kier alpha value is -2.88. The van der Waals surface area contributed by atoms with Gasteiger partial charge in [0.1, 0.15) is 5.75 Å². The molecule has 0 atom stereocenters. The number of fused-ring (bicyclic) bond motifs is 1. The number of hydrogen-bond donors (Lipinski definition) is 0. The van der Waals surface area contributed by atoms with Crippen LogP contribution in [0.25, 0.3) is 10.8 Å². The fraction of sp³-hybridized carbons (Fsp3) is 0.105. The van der Waals surface area contributed by atoms with Crippen molar-refractivity contribution in [2.24, 2.45) is 0 Å². The minimum Gasteiger partial charge on any atom is -0.497 e. The lowest BCUT2D eigenvalue weighted by atomic mass is 9.99. The third-order valence-corrected chi connectivity index (χ3v) is 3.72. The zero-order chi connectivity index (χ0) is 16.4. The summed E-state index contributed by atoms with van der Waals surface area (Å²) in [6.45, 7) is 0. The van der Waals surface area contributed by atoms with Gasteiger partial charge in [-0.05, 0) is 47.2 Å². The molecule has 23 heavy (non-hydrogen) atoms. The summed E-state index contributed by atoms with van der Waals surface area (Å²) in [5.41, 5.74) is 0.924. The molecule has 0 spiro atoms. The summed E-state index contributed by atoms with van der Waals surface area (Å²) >= 11 is 0. The Morgan fingerprint density at radius 3 is 2.22 bits per heavy atom. The van der Waals surface area contributed by atoms with Gasteiger partial charge in [-0.1, -0.05) is 18.2 Å². The van der Waals surface area contributed by atoms with Gasteiger partial charge in [0.05, 0.1) is 14.2 Å². The zero-order valence-electron chi connectivity index (χ0n) is 12.8. The first-order valence-corrected chi connectivity index (χ1v) is 7.08. The Labute approximate surface area is 133 Å². The van der Waals surface area contributed by atoms with E-state index in [9.17, 15) is 9.18 Å². The molecule has 0 aliphatic rings. The highest BCUT2D eigenvalue weighted by molar-refractivity contribution is 6.10. The van der Waals surface area contributed by atoms with Crippen LogP contribution in [0.4, 0.5) is 4.39 Å². The molecule has 0 aliphatic heterocycles. The third kappa shape index (κ3) is 2.88. The van der Waals surface area contributed by atoms with Crippen LogP contribution in [0.15, 0.2) is 54.6 Å². The predicted molar refractivity (Wildman–Crippen MR) is 86.9 cm³/mol. The summed E-state index contributed by atoms with van der Waals surface area (Å²) in [5.74, 6) is 0.150. The monoisotopic (exact) mass is 310 g/mol. The van der Waals surface area contributed by atoms with Gasteiger partial charge in [-0.2, -0.15) is 0 Å². The van der Waals surface area contributed by atoms with Gasteiger partial charge >= 0.3 is 0 Å². The second-order valence-corrected chi connectivity index (χ2v) is 5.11. The quantitative estimate of drug-likeness (QED) is 0.677. The van der Waals surface area contributed by atoms with E-state index < -0.39 is 5.82 Å². The van der Waals surface area contributed by atoms with E-state index in [1.54, 1.807) is 13.2 Å². The number of ether oxygens (including phenoxy) is 2. The molecule has 0 aromatic heterocycles. The van der Waals surface area contributed by atoms with Crippen molar-refractivity contribution in [3.05, 3.63) is 71.5 Å². The Bertz CT molecular complexity index is 887. The fourth-order valence-electron chi connectivity index (χ4n) is 2.46. The largest absolute Gasteiger partial charge is 0.497 e. The Balaban J connectivity index is 2.00. The highest BCUT2D eigenvalue weighted by atomic mass is 19.1. The predicted octanol–water partition coefficient (Wildman–Crippen LogP) is 4.23. The molecule has 0 heterocycles. The third-order valence-electron chi connectivity index (χ3n) is 3.72. The van der Waals surface area contributed by atoms with Gasteiger partial charge in [0, 0.05) is 11.1 Å². The number of hydrogen-bond acceptors (Lipinski definition) is 3. The van der Waals surface area contributed by atoms with Crippen LogP contribution >= 0.6 is 0 Å². The van der Waals surface area contributed by atoms with Crippen LogP contribution in [0.2, 0.25) is 0 Å². The molecule has 0 radical (unpaired) electrons. The molecule has 0 bridgehead atoms. The van der Waals surface area contributed by atoms with Crippen molar-refractivity contribution in [2.75, 3.05) is 14.2 Å². The number of rotatable bonds is 4. The van der Waals surface area contributed by atoms with Gasteiger partial charge in [-0.15, -0.1) is 0 Å². The van der Waals surface area contributed by atoms with E-state index in [4.69, 9.17) is 9.47 Å². The fourth-order valence-corrected chi connectivity index (χ4v) is 2.46. The second-order valence-electron chi connectivity index (χ2n) is 5.11. The SMILES string of the molecule is COc1ccc2cc(C(=O)c3ccc(F)c(OC)c3)ccc2c1. The first-order chi connectivity index (χ1) is 11.1. The first kappa shape index (κ1) is 15.0. The van der Waals surface area contributed by atoms with Crippen molar-refractivity contribution in [1.29, 1.82) is 0 Å². The number of ketones is 1. The Morgan fingerprint density at radius 1 is 0.826 bits per heavy atom. The molecule has 0 fully saturated rings. The summed E-state index contributed by atoms with van der Waals surface area (Å²) in [6.07, 6.45) is 0. The lowest BCUT2D eigenvalue weighted by Crippen LogP contribution is -2.02. The number of carbonyl (C=O) groups excluding carboxylic acids is 1. The van der Waals surface area contributed by atoms with Gasteiger partial charge in [0.25, 0.3) is 0 Å². The molecular formula is C19H15FO3. The average Bonchev–Trinajstić information content (AvgIpc) is 2.60. The lowest BCUT2D eigenvalue weighted by molar-refractivity contribution is 0.103. The molecule has 116 valence electrons. The smallest absolute Gasteiger partial charge is 0.193 e. The van der Waals surface area contributed by atoms with Gasteiger partial charge in [-0.3, -0.25) is 4.79 Å². The summed E-state index contributed by atoms with van der Waals surface area (Å²) in [7, 11) is 2.98. The van der Waals surface area contributed by atoms with Crippen LogP contribution < -0.4 is 9.47 Å². The Kier molecular flexibility index (Phi) is 3.98. The topological polar surface area (TPSA) is 35.5 Å². The minimum atomic E-state index is -0.491. The molecule has 3 rings (SSSR count). The minimum absolute atomic E-state index is 0.0568. The van der Waals surface area contributed by atoms with E-state index in [1.165, 1.54) is 25.3 Å². The highest BCUT2D eigenvalue weighted by Crippen LogP contribution is 2.24. The molecule has 3 nitrogen and oxygen atoms in total. The van der Waals surface area contributed by atoms with Gasteiger partial charge in [-0.25, -0.2) is 4.39 Å². The molecule has 0 saturated heterocycles. The van der Waals surface area contributed by atoms with E-state index >= 15 is 0 Å². The molecular weight excluding hydrogens is 295 g/mol. The van der Waals surface area contributed by atoms with Crippen molar-refractivity contribution in [2.45, 2.75) is 0 Å². The zero-order valence-corrected chi connectivity index (χ0v) is 12.8. The molecule has 0 saturated carbocycles. The van der Waals surface area contributed by atoms with E-state index in [-0.39, 0.29) is 11.5 Å². The molecule has 3 aromatic rings. The van der Waals surface area contributed by atoms with Crippen LogP contribution in [0.3, 0.4) is 0 Å². The average molecular weight is 310 g/mol. The number of benzene rings is 3. The van der Waals surface area contributed by atoms with Gasteiger partial charge < -0.3 is 9.47 Å². The van der Waals surface area contributed by atoms with Crippen molar-refractivity contribution in [1.82, 2.24) is 0 Å². The summed E-state index contributed by atoms with van der Waals surface area (Å²) < 4.78 is 23.6. The summed E-state index contributed by atoms with van der Waals surface area (Å²) in [6, 6.07) is 15.2. The van der Waals surface area contributed by atoms with Crippen LogP contribution in [0.1, 0.15) is 15.9 Å². The van der Waals surface area contributed by atoms with Crippen molar-refractivity contribution < 1.29 is 18.7 Å². The molecule has 3 aromatic carbocycles. The molecule has 4 heteroatoms. The highest BCUT2D eigenvalue weighted by Gasteiger charge is 2.13. The maximum absolute atomic E-state index is 13.5. The summed E-state index contributed by atoms with van der Waals surface area (Å²) in [4.78, 5) is 12.6. The van der Waals surface area contributed by atoms with E-state index in [1.807, 2.05) is 30.3 Å². The van der Waals surface area contributed by atoms with Crippen LogP contribution in [0.5, 0.6) is 11.5 Å². The number of carbonyl (C=O) groups is 1. The van der Waals surface area contributed by atoms with Crippen molar-refractivity contribution in [3.8, 4) is 11.5 Å². The van der Waals surface area contributed by atoms with Crippen LogP contribution in [-0.4, -0.2) is 20.0 Å². The van der Waals surface area contributed by atoms with E-state index in [0.29, 0.717) is 11.1 Å². The molecule has 0 amide bonds. The second kappa shape index (κ2) is 6.08. The molecule has 0 unspecified atom stereocenters. The van der Waals surface area contributed by atoms with Crippen LogP contribution in [-0.2, 0) is 0 Å². The lowest BCUT2D eigenvalue weighted by Gasteiger charge is -2.07. The normalized spacial score (nSPS) is 10.6. The first-order valence-electron chi connectivity index (χ1n) is 7.08. The van der Waals surface area contributed by atoms with E-state index in [2.05, 4.69) is 0 Å². The van der Waals surface area contributed by atoms with Gasteiger partial charge in [0.2, 0.25) is 0 Å².